The van der Waals surface area contributed by atoms with Crippen LogP contribution in [0.4, 0.5) is 0 Å². The van der Waals surface area contributed by atoms with Gasteiger partial charge in [-0.05, 0) is 43.4 Å². The van der Waals surface area contributed by atoms with E-state index in [4.69, 9.17) is 9.47 Å². The quantitative estimate of drug-likeness (QED) is 0.632. The molecule has 7 heteroatoms. The number of aliphatic hydroxyl groups is 1. The molecule has 2 aliphatic rings. The van der Waals surface area contributed by atoms with Gasteiger partial charge in [-0.1, -0.05) is 12.1 Å². The van der Waals surface area contributed by atoms with Gasteiger partial charge in [0.25, 0.3) is 0 Å². The van der Waals surface area contributed by atoms with Crippen molar-refractivity contribution in [3.05, 3.63) is 29.8 Å². The molecule has 0 aromatic heterocycles. The summed E-state index contributed by atoms with van der Waals surface area (Å²) in [5.41, 5.74) is 0.961. The number of amides is 2. The van der Waals surface area contributed by atoms with Crippen molar-refractivity contribution >= 4 is 11.8 Å². The van der Waals surface area contributed by atoms with Crippen LogP contribution in [0.15, 0.2) is 24.3 Å². The van der Waals surface area contributed by atoms with Gasteiger partial charge < -0.3 is 25.2 Å². The smallest absolute Gasteiger partial charge is 0.223 e. The van der Waals surface area contributed by atoms with Gasteiger partial charge in [-0.3, -0.25) is 9.59 Å². The van der Waals surface area contributed by atoms with E-state index >= 15 is 0 Å². The molecule has 1 aromatic rings. The van der Waals surface area contributed by atoms with Gasteiger partial charge in [0.1, 0.15) is 11.9 Å². The van der Waals surface area contributed by atoms with E-state index in [-0.39, 0.29) is 42.9 Å². The molecule has 1 saturated carbocycles. The maximum absolute atomic E-state index is 12.2. The van der Waals surface area contributed by atoms with Gasteiger partial charge in [0.15, 0.2) is 0 Å². The first-order valence-corrected chi connectivity index (χ1v) is 9.55. The molecular weight excluding hydrogens is 348 g/mol. The summed E-state index contributed by atoms with van der Waals surface area (Å²) in [7, 11) is 1.61. The molecule has 7 nitrogen and oxygen atoms in total. The number of methoxy groups -OCH3 is 1. The minimum absolute atomic E-state index is 0.0523. The lowest BCUT2D eigenvalue weighted by molar-refractivity contribution is -0.136. The molecule has 27 heavy (non-hydrogen) atoms. The number of ether oxygens (including phenoxy) is 2. The highest BCUT2D eigenvalue weighted by Crippen LogP contribution is 2.30. The Labute approximate surface area is 159 Å². The van der Waals surface area contributed by atoms with Crippen molar-refractivity contribution in [3.8, 4) is 5.75 Å². The molecule has 1 heterocycles. The van der Waals surface area contributed by atoms with E-state index in [1.165, 1.54) is 0 Å². The summed E-state index contributed by atoms with van der Waals surface area (Å²) in [5, 5.41) is 15.5. The van der Waals surface area contributed by atoms with Gasteiger partial charge in [0.2, 0.25) is 11.8 Å². The monoisotopic (exact) mass is 376 g/mol. The molecule has 0 spiro atoms. The number of carbonyl (C=O) groups excluding carboxylic acids is 2. The Kier molecular flexibility index (Phi) is 6.68. The lowest BCUT2D eigenvalue weighted by Crippen LogP contribution is -2.51. The Morgan fingerprint density at radius 1 is 1.26 bits per heavy atom. The summed E-state index contributed by atoms with van der Waals surface area (Å²) < 4.78 is 11.0. The maximum Gasteiger partial charge on any atom is 0.223 e. The van der Waals surface area contributed by atoms with Crippen molar-refractivity contribution in [3.63, 3.8) is 0 Å². The van der Waals surface area contributed by atoms with Crippen LogP contribution in [-0.2, 0) is 20.9 Å². The number of carbonyl (C=O) groups is 2. The molecule has 0 radical (unpaired) electrons. The summed E-state index contributed by atoms with van der Waals surface area (Å²) in [4.78, 5) is 24.2. The van der Waals surface area contributed by atoms with Gasteiger partial charge in [-0.2, -0.15) is 0 Å². The molecule has 3 N–H and O–H groups in total. The van der Waals surface area contributed by atoms with Crippen molar-refractivity contribution in [1.29, 1.82) is 0 Å². The summed E-state index contributed by atoms with van der Waals surface area (Å²) >= 11 is 0. The summed E-state index contributed by atoms with van der Waals surface area (Å²) in [6.45, 7) is 0.254. The predicted octanol–water partition coefficient (Wildman–Crippen LogP) is 1.14. The third-order valence-corrected chi connectivity index (χ3v) is 5.11. The average molecular weight is 376 g/mol. The zero-order chi connectivity index (χ0) is 19.2. The minimum atomic E-state index is -0.461. The Bertz CT molecular complexity index is 662. The second kappa shape index (κ2) is 9.19. The number of hydrogen-bond donors (Lipinski definition) is 3. The zero-order valence-electron chi connectivity index (χ0n) is 15.6. The molecule has 1 saturated heterocycles. The molecule has 0 unspecified atom stereocenters. The van der Waals surface area contributed by atoms with Crippen LogP contribution < -0.4 is 15.4 Å². The number of benzene rings is 1. The second-order valence-electron chi connectivity index (χ2n) is 7.28. The predicted molar refractivity (Wildman–Crippen MR) is 99.1 cm³/mol. The number of hydrogen-bond acceptors (Lipinski definition) is 5. The fourth-order valence-corrected chi connectivity index (χ4v) is 3.36. The van der Waals surface area contributed by atoms with Crippen LogP contribution in [0, 0.1) is 5.92 Å². The molecular formula is C20H28N2O5. The van der Waals surface area contributed by atoms with E-state index in [9.17, 15) is 14.7 Å². The van der Waals surface area contributed by atoms with Crippen LogP contribution >= 0.6 is 0 Å². The highest BCUT2D eigenvalue weighted by atomic mass is 16.5. The second-order valence-corrected chi connectivity index (χ2v) is 7.28. The van der Waals surface area contributed by atoms with Gasteiger partial charge in [-0.25, -0.2) is 0 Å². The first-order chi connectivity index (χ1) is 13.1. The molecule has 2 amide bonds. The standard InChI is InChI=1S/C20H28N2O5/c1-26-15-4-2-3-13(9-15)11-21-19(24)10-16-7-8-17(18(12-23)27-16)22-20(25)14-5-6-14/h2-4,9,14,16-18,23H,5-8,10-12H2,1H3,(H,21,24)(H,22,25)/t16-,17-,18+/m0/s1. The average Bonchev–Trinajstić information content (AvgIpc) is 3.53. The van der Waals surface area contributed by atoms with E-state index in [2.05, 4.69) is 10.6 Å². The Hall–Kier alpha value is -2.12. The topological polar surface area (TPSA) is 96.9 Å². The van der Waals surface area contributed by atoms with E-state index in [0.717, 1.165) is 24.2 Å². The number of rotatable bonds is 8. The fraction of sp³-hybridized carbons (Fsp3) is 0.600. The highest BCUT2D eigenvalue weighted by molar-refractivity contribution is 5.81. The molecule has 3 rings (SSSR count). The fourth-order valence-electron chi connectivity index (χ4n) is 3.36. The SMILES string of the molecule is COc1cccc(CNC(=O)C[C@@H]2CC[C@H](NC(=O)C3CC3)[C@@H](CO)O2)c1. The first-order valence-electron chi connectivity index (χ1n) is 9.55. The number of aliphatic hydroxyl groups excluding tert-OH is 1. The van der Waals surface area contributed by atoms with E-state index in [1.807, 2.05) is 24.3 Å². The van der Waals surface area contributed by atoms with Crippen molar-refractivity contribution < 1.29 is 24.2 Å². The van der Waals surface area contributed by atoms with Crippen LogP contribution in [0.3, 0.4) is 0 Å². The van der Waals surface area contributed by atoms with E-state index in [1.54, 1.807) is 7.11 Å². The molecule has 0 bridgehead atoms. The minimum Gasteiger partial charge on any atom is -0.497 e. The Balaban J connectivity index is 1.43. The van der Waals surface area contributed by atoms with Crippen molar-refractivity contribution in [2.24, 2.45) is 5.92 Å². The lowest BCUT2D eigenvalue weighted by Gasteiger charge is -2.36. The largest absolute Gasteiger partial charge is 0.497 e. The van der Waals surface area contributed by atoms with Crippen LogP contribution in [-0.4, -0.2) is 48.9 Å². The normalized spacial score (nSPS) is 24.9. The summed E-state index contributed by atoms with van der Waals surface area (Å²) in [5.74, 6) is 0.836. The Morgan fingerprint density at radius 2 is 2.07 bits per heavy atom. The third kappa shape index (κ3) is 5.68. The van der Waals surface area contributed by atoms with Crippen LogP contribution in [0.2, 0.25) is 0 Å². The van der Waals surface area contributed by atoms with Crippen LogP contribution in [0.5, 0.6) is 5.75 Å². The molecule has 1 aliphatic carbocycles. The molecule has 148 valence electrons. The Morgan fingerprint density at radius 3 is 2.78 bits per heavy atom. The van der Waals surface area contributed by atoms with Gasteiger partial charge in [0.05, 0.1) is 32.3 Å². The molecule has 2 fully saturated rings. The van der Waals surface area contributed by atoms with E-state index in [0.29, 0.717) is 19.4 Å². The first kappa shape index (κ1) is 19.6. The van der Waals surface area contributed by atoms with Crippen LogP contribution in [0.25, 0.3) is 0 Å². The summed E-state index contributed by atoms with van der Waals surface area (Å²) in [6, 6.07) is 7.36. The molecule has 3 atom stereocenters. The zero-order valence-corrected chi connectivity index (χ0v) is 15.6. The van der Waals surface area contributed by atoms with Crippen molar-refractivity contribution in [2.45, 2.75) is 56.9 Å². The van der Waals surface area contributed by atoms with E-state index < -0.39 is 6.10 Å². The lowest BCUT2D eigenvalue weighted by atomic mass is 9.96. The van der Waals surface area contributed by atoms with Crippen molar-refractivity contribution in [1.82, 2.24) is 10.6 Å². The summed E-state index contributed by atoms with van der Waals surface area (Å²) in [6.07, 6.45) is 2.80. The molecule has 1 aliphatic heterocycles. The highest BCUT2D eigenvalue weighted by Gasteiger charge is 2.36. The van der Waals surface area contributed by atoms with Gasteiger partial charge in [-0.15, -0.1) is 0 Å². The van der Waals surface area contributed by atoms with Gasteiger partial charge >= 0.3 is 0 Å². The number of nitrogens with one attached hydrogen (secondary N) is 2. The van der Waals surface area contributed by atoms with Crippen LogP contribution in [0.1, 0.15) is 37.7 Å². The van der Waals surface area contributed by atoms with Crippen molar-refractivity contribution in [2.75, 3.05) is 13.7 Å². The maximum atomic E-state index is 12.2. The molecule has 1 aromatic carbocycles. The van der Waals surface area contributed by atoms with Gasteiger partial charge in [0, 0.05) is 12.5 Å². The third-order valence-electron chi connectivity index (χ3n) is 5.11.